The van der Waals surface area contributed by atoms with E-state index in [-0.39, 0.29) is 24.0 Å². The van der Waals surface area contributed by atoms with Crippen molar-refractivity contribution in [3.8, 4) is 0 Å². The van der Waals surface area contributed by atoms with Gasteiger partial charge in [0.05, 0.1) is 13.7 Å². The van der Waals surface area contributed by atoms with Crippen LogP contribution in [0.2, 0.25) is 0 Å². The van der Waals surface area contributed by atoms with Crippen LogP contribution in [0, 0.1) is 0 Å². The summed E-state index contributed by atoms with van der Waals surface area (Å²) in [5.74, 6) is -0.289. The van der Waals surface area contributed by atoms with E-state index in [1.165, 1.54) is 11.7 Å². The van der Waals surface area contributed by atoms with Crippen molar-refractivity contribution in [3.05, 3.63) is 45.9 Å². The Morgan fingerprint density at radius 3 is 2.57 bits per heavy atom. The first kappa shape index (κ1) is 27.7. The number of unbranched alkanes of at least 4 members (excludes halogenated alkanes) is 2. The van der Waals surface area contributed by atoms with E-state index in [9.17, 15) is 14.4 Å². The molecule has 0 fully saturated rings. The monoisotopic (exact) mass is 512 g/mol. The molecule has 0 bridgehead atoms. The van der Waals surface area contributed by atoms with Gasteiger partial charge in [-0.3, -0.25) is 9.36 Å². The van der Waals surface area contributed by atoms with Gasteiger partial charge in [0.2, 0.25) is 5.95 Å². The van der Waals surface area contributed by atoms with E-state index in [4.69, 9.17) is 10.5 Å². The molecule has 2 aromatic heterocycles. The van der Waals surface area contributed by atoms with E-state index < -0.39 is 12.0 Å². The van der Waals surface area contributed by atoms with E-state index in [1.807, 2.05) is 7.05 Å². The third-order valence-corrected chi connectivity index (χ3v) is 5.98. The molecule has 6 N–H and O–H groups in total. The lowest BCUT2D eigenvalue weighted by Crippen LogP contribution is -2.41. The van der Waals surface area contributed by atoms with Crippen LogP contribution in [0.4, 0.5) is 11.8 Å². The van der Waals surface area contributed by atoms with Crippen molar-refractivity contribution in [1.82, 2.24) is 30.2 Å². The second kappa shape index (κ2) is 13.4. The van der Waals surface area contributed by atoms with Crippen LogP contribution in [0.25, 0.3) is 11.2 Å². The van der Waals surface area contributed by atoms with Gasteiger partial charge in [0.15, 0.2) is 11.5 Å². The van der Waals surface area contributed by atoms with Gasteiger partial charge >= 0.3 is 11.7 Å². The fourth-order valence-corrected chi connectivity index (χ4v) is 3.88. The summed E-state index contributed by atoms with van der Waals surface area (Å²) in [7, 11) is 3.17. The third-order valence-electron chi connectivity index (χ3n) is 5.98. The quantitative estimate of drug-likeness (QED) is 0.159. The number of imidazole rings is 1. The number of H-pyrrole nitrogens is 1. The number of carbonyl (C=O) groups excluding carboxylic acids is 2. The number of nitrogens with zero attached hydrogens (tertiary/aromatic N) is 3. The molecule has 0 unspecified atom stereocenters. The molecule has 200 valence electrons. The molecule has 12 nitrogen and oxygen atoms in total. The predicted molar refractivity (Wildman–Crippen MR) is 143 cm³/mol. The van der Waals surface area contributed by atoms with Crippen LogP contribution >= 0.6 is 0 Å². The van der Waals surface area contributed by atoms with Crippen LogP contribution < -0.4 is 27.4 Å². The molecule has 37 heavy (non-hydrogen) atoms. The minimum atomic E-state index is -0.718. The average molecular weight is 513 g/mol. The lowest BCUT2D eigenvalue weighted by atomic mass is 10.1. The van der Waals surface area contributed by atoms with Crippen LogP contribution in [-0.2, 0) is 16.1 Å². The van der Waals surface area contributed by atoms with Crippen LogP contribution in [0.15, 0.2) is 29.1 Å². The number of ether oxygens (including phenoxy) is 1. The normalized spacial score (nSPS) is 11.9. The number of methoxy groups -OCH3 is 1. The topological polar surface area (TPSA) is 169 Å². The van der Waals surface area contributed by atoms with Crippen LogP contribution in [-0.4, -0.2) is 64.7 Å². The van der Waals surface area contributed by atoms with Crippen molar-refractivity contribution >= 4 is 34.8 Å². The zero-order valence-corrected chi connectivity index (χ0v) is 21.6. The number of benzene rings is 1. The molecular formula is C25H36N8O4. The van der Waals surface area contributed by atoms with Crippen molar-refractivity contribution in [1.29, 1.82) is 0 Å². The smallest absolute Gasteiger partial charge is 0.328 e. The Kier molecular flexibility index (Phi) is 10.0. The maximum absolute atomic E-state index is 12.8. The number of nitrogens with one attached hydrogen (secondary N) is 4. The summed E-state index contributed by atoms with van der Waals surface area (Å²) in [6, 6.07) is 6.10. The summed E-state index contributed by atoms with van der Waals surface area (Å²) in [6.45, 7) is 3.84. The number of nitrogen functional groups attached to an aromatic ring is 1. The van der Waals surface area contributed by atoms with E-state index in [2.05, 4.69) is 37.8 Å². The number of hydrogen-bond acceptors (Lipinski definition) is 9. The number of anilines is 2. The molecule has 3 rings (SSSR count). The summed E-state index contributed by atoms with van der Waals surface area (Å²) < 4.78 is 6.32. The third kappa shape index (κ3) is 7.29. The van der Waals surface area contributed by atoms with Crippen molar-refractivity contribution in [2.24, 2.45) is 0 Å². The van der Waals surface area contributed by atoms with E-state index >= 15 is 0 Å². The number of fused-ring (bicyclic) bond motifs is 1. The van der Waals surface area contributed by atoms with Gasteiger partial charge in [-0.2, -0.15) is 9.97 Å². The van der Waals surface area contributed by atoms with E-state index in [1.54, 1.807) is 24.3 Å². The van der Waals surface area contributed by atoms with Crippen LogP contribution in [0.5, 0.6) is 0 Å². The highest BCUT2D eigenvalue weighted by Crippen LogP contribution is 2.18. The highest BCUT2D eigenvalue weighted by Gasteiger charge is 2.22. The Balaban J connectivity index is 1.72. The standard InChI is InChI=1S/C25H36N8O4/c1-4-5-14-28-24-31-20(26)19-21(32-24)33(25(36)30-19)15-16-9-11-17(12-10-16)22(34)29-18(23(35)37-3)8-6-7-13-27-2/h9-12,18,27H,4-8,13-15H2,1-3H3,(H,29,34)(H,30,36)(H3,26,28,31,32)/t18-/m0/s1. The fraction of sp³-hybridized carbons (Fsp3) is 0.480. The molecule has 3 aromatic rings. The Hall–Kier alpha value is -3.93. The number of aromatic amines is 1. The molecule has 0 saturated heterocycles. The number of carbonyl (C=O) groups is 2. The van der Waals surface area contributed by atoms with Gasteiger partial charge in [-0.1, -0.05) is 25.5 Å². The number of amides is 1. The highest BCUT2D eigenvalue weighted by molar-refractivity contribution is 5.96. The zero-order valence-electron chi connectivity index (χ0n) is 21.6. The maximum atomic E-state index is 12.8. The van der Waals surface area contributed by atoms with Gasteiger partial charge in [0.1, 0.15) is 11.6 Å². The summed E-state index contributed by atoms with van der Waals surface area (Å²) in [5, 5.41) is 8.95. The van der Waals surface area contributed by atoms with Crippen molar-refractivity contribution in [2.75, 3.05) is 38.3 Å². The van der Waals surface area contributed by atoms with Gasteiger partial charge in [-0.25, -0.2) is 9.59 Å². The molecule has 0 radical (unpaired) electrons. The molecule has 12 heteroatoms. The highest BCUT2D eigenvalue weighted by atomic mass is 16.5. The van der Waals surface area contributed by atoms with Crippen LogP contribution in [0.1, 0.15) is 54.9 Å². The Labute approximate surface area is 215 Å². The van der Waals surface area contributed by atoms with Gasteiger partial charge in [-0.15, -0.1) is 0 Å². The van der Waals surface area contributed by atoms with Crippen molar-refractivity contribution in [3.63, 3.8) is 0 Å². The lowest BCUT2D eigenvalue weighted by molar-refractivity contribution is -0.143. The summed E-state index contributed by atoms with van der Waals surface area (Å²) >= 11 is 0. The average Bonchev–Trinajstić information content (AvgIpc) is 3.21. The molecule has 1 amide bonds. The second-order valence-electron chi connectivity index (χ2n) is 8.77. The Morgan fingerprint density at radius 2 is 1.89 bits per heavy atom. The molecule has 2 heterocycles. The second-order valence-corrected chi connectivity index (χ2v) is 8.77. The Bertz CT molecular complexity index is 1250. The molecule has 0 spiro atoms. The van der Waals surface area contributed by atoms with Crippen molar-refractivity contribution in [2.45, 2.75) is 51.6 Å². The maximum Gasteiger partial charge on any atom is 0.328 e. The minimum absolute atomic E-state index is 0.193. The number of rotatable bonds is 14. The summed E-state index contributed by atoms with van der Waals surface area (Å²) in [4.78, 5) is 49.0. The van der Waals surface area contributed by atoms with E-state index in [0.717, 1.165) is 37.8 Å². The number of nitrogens with two attached hydrogens (primary N) is 1. The SMILES string of the molecule is CCCCNc1nc(N)c2[nH]c(=O)n(Cc3ccc(C(=O)N[C@@H](CCCCNC)C(=O)OC)cc3)c2n1. The molecule has 0 aliphatic rings. The van der Waals surface area contributed by atoms with Crippen molar-refractivity contribution < 1.29 is 14.3 Å². The molecular weight excluding hydrogens is 476 g/mol. The first-order valence-corrected chi connectivity index (χ1v) is 12.5. The zero-order chi connectivity index (χ0) is 26.8. The predicted octanol–water partition coefficient (Wildman–Crippen LogP) is 1.62. The minimum Gasteiger partial charge on any atom is -0.467 e. The van der Waals surface area contributed by atoms with Crippen LogP contribution in [0.3, 0.4) is 0 Å². The number of aromatic nitrogens is 4. The fourth-order valence-electron chi connectivity index (χ4n) is 3.88. The molecule has 1 atom stereocenters. The lowest BCUT2D eigenvalue weighted by Gasteiger charge is -2.16. The molecule has 0 saturated carbocycles. The molecule has 0 aliphatic heterocycles. The van der Waals surface area contributed by atoms with Gasteiger partial charge in [0.25, 0.3) is 5.91 Å². The Morgan fingerprint density at radius 1 is 1.14 bits per heavy atom. The molecule has 0 aliphatic carbocycles. The first-order chi connectivity index (χ1) is 17.9. The van der Waals surface area contributed by atoms with Gasteiger partial charge < -0.3 is 31.4 Å². The van der Waals surface area contributed by atoms with Gasteiger partial charge in [0, 0.05) is 12.1 Å². The number of esters is 1. The summed E-state index contributed by atoms with van der Waals surface area (Å²) in [6.07, 6.45) is 4.12. The molecule has 1 aromatic carbocycles. The van der Waals surface area contributed by atoms with E-state index in [0.29, 0.717) is 35.6 Å². The van der Waals surface area contributed by atoms with Gasteiger partial charge in [-0.05, 0) is 57.0 Å². The summed E-state index contributed by atoms with van der Waals surface area (Å²) in [5.41, 5.74) is 7.66. The number of hydrogen-bond donors (Lipinski definition) is 5. The first-order valence-electron chi connectivity index (χ1n) is 12.5. The largest absolute Gasteiger partial charge is 0.467 e.